The number of imidazole rings is 1. The van der Waals surface area contributed by atoms with Crippen LogP contribution in [0.1, 0.15) is 6.92 Å². The van der Waals surface area contributed by atoms with Crippen LogP contribution in [0.2, 0.25) is 0 Å². The highest BCUT2D eigenvalue weighted by atomic mass is 32.2. The van der Waals surface area contributed by atoms with E-state index < -0.39 is 0 Å². The number of carbonyl (C=O) groups is 1. The van der Waals surface area contributed by atoms with Crippen molar-refractivity contribution in [3.05, 3.63) is 36.7 Å². The molecule has 0 saturated heterocycles. The van der Waals surface area contributed by atoms with Gasteiger partial charge in [-0.2, -0.15) is 0 Å². The summed E-state index contributed by atoms with van der Waals surface area (Å²) >= 11 is 1.39. The Balaban J connectivity index is 1.96. The van der Waals surface area contributed by atoms with Crippen molar-refractivity contribution in [2.45, 2.75) is 18.1 Å². The maximum absolute atomic E-state index is 11.9. The number of nitrogens with zero attached hydrogens (tertiary/aromatic N) is 2. The number of rotatable bonds is 8. The zero-order chi connectivity index (χ0) is 16.7. The Morgan fingerprint density at radius 1 is 1.35 bits per heavy atom. The number of hydrogen-bond acceptors (Lipinski definition) is 5. The molecule has 0 saturated carbocycles. The minimum Gasteiger partial charge on any atom is -0.497 e. The summed E-state index contributed by atoms with van der Waals surface area (Å²) in [7, 11) is 3.25. The number of hydrogen-bond donors (Lipinski definition) is 1. The number of ether oxygens (including phenoxy) is 2. The first-order valence-electron chi connectivity index (χ1n) is 7.23. The van der Waals surface area contributed by atoms with E-state index in [-0.39, 0.29) is 11.9 Å². The number of carbonyl (C=O) groups excluding carboxylic acids is 1. The third-order valence-corrected chi connectivity index (χ3v) is 4.08. The van der Waals surface area contributed by atoms with Crippen molar-refractivity contribution < 1.29 is 14.3 Å². The van der Waals surface area contributed by atoms with Crippen LogP contribution in [0.15, 0.2) is 41.8 Å². The topological polar surface area (TPSA) is 65.4 Å². The van der Waals surface area contributed by atoms with Gasteiger partial charge in [0.05, 0.1) is 19.5 Å². The summed E-state index contributed by atoms with van der Waals surface area (Å²) in [5, 5.41) is 3.65. The summed E-state index contributed by atoms with van der Waals surface area (Å²) in [5.74, 6) is 1.07. The van der Waals surface area contributed by atoms with E-state index in [0.717, 1.165) is 16.6 Å². The molecule has 0 spiro atoms. The van der Waals surface area contributed by atoms with Gasteiger partial charge in [0.1, 0.15) is 5.75 Å². The number of benzene rings is 1. The molecular weight excluding hydrogens is 314 g/mol. The Hall–Kier alpha value is -1.99. The van der Waals surface area contributed by atoms with Crippen LogP contribution in [0, 0.1) is 0 Å². The molecule has 1 heterocycles. The summed E-state index contributed by atoms with van der Waals surface area (Å²) in [4.78, 5) is 16.2. The average Bonchev–Trinajstić information content (AvgIpc) is 3.01. The van der Waals surface area contributed by atoms with Crippen molar-refractivity contribution in [1.29, 1.82) is 0 Å². The molecule has 0 aliphatic rings. The summed E-state index contributed by atoms with van der Waals surface area (Å²) in [5.41, 5.74) is 0.971. The van der Waals surface area contributed by atoms with Gasteiger partial charge in [0, 0.05) is 31.2 Å². The normalized spacial score (nSPS) is 12.0. The van der Waals surface area contributed by atoms with Crippen LogP contribution in [0.3, 0.4) is 0 Å². The predicted molar refractivity (Wildman–Crippen MR) is 90.3 cm³/mol. The summed E-state index contributed by atoms with van der Waals surface area (Å²) in [6.45, 7) is 2.40. The van der Waals surface area contributed by atoms with Crippen molar-refractivity contribution in [2.24, 2.45) is 0 Å². The van der Waals surface area contributed by atoms with Crippen LogP contribution in [0.5, 0.6) is 5.75 Å². The van der Waals surface area contributed by atoms with Crippen molar-refractivity contribution in [3.8, 4) is 11.4 Å². The number of methoxy groups -OCH3 is 2. The second-order valence-corrected chi connectivity index (χ2v) is 5.93. The third-order valence-electron chi connectivity index (χ3n) is 3.11. The molecule has 2 aromatic rings. The van der Waals surface area contributed by atoms with Crippen molar-refractivity contribution in [1.82, 2.24) is 14.9 Å². The highest BCUT2D eigenvalue weighted by Gasteiger charge is 2.11. The van der Waals surface area contributed by atoms with Crippen LogP contribution in [-0.2, 0) is 9.53 Å². The Bertz CT molecular complexity index is 628. The van der Waals surface area contributed by atoms with Gasteiger partial charge in [0.25, 0.3) is 0 Å². The van der Waals surface area contributed by atoms with E-state index in [1.807, 2.05) is 42.0 Å². The maximum atomic E-state index is 11.9. The van der Waals surface area contributed by atoms with E-state index in [2.05, 4.69) is 10.3 Å². The van der Waals surface area contributed by atoms with E-state index >= 15 is 0 Å². The molecule has 0 aliphatic carbocycles. The Kier molecular flexibility index (Phi) is 6.49. The summed E-state index contributed by atoms with van der Waals surface area (Å²) in [6, 6.07) is 7.68. The lowest BCUT2D eigenvalue weighted by atomic mass is 10.3. The van der Waals surface area contributed by atoms with Crippen LogP contribution in [0.4, 0.5) is 0 Å². The number of aromatic nitrogens is 2. The molecule has 0 fully saturated rings. The molecule has 23 heavy (non-hydrogen) atoms. The average molecular weight is 335 g/mol. The van der Waals surface area contributed by atoms with Gasteiger partial charge in [-0.05, 0) is 31.2 Å². The molecule has 1 aromatic heterocycles. The van der Waals surface area contributed by atoms with Gasteiger partial charge < -0.3 is 14.8 Å². The Morgan fingerprint density at radius 3 is 2.74 bits per heavy atom. The van der Waals surface area contributed by atoms with Crippen molar-refractivity contribution in [2.75, 3.05) is 26.6 Å². The molecule has 1 aromatic carbocycles. The lowest BCUT2D eigenvalue weighted by Gasteiger charge is -2.12. The fourth-order valence-electron chi connectivity index (χ4n) is 2.07. The van der Waals surface area contributed by atoms with Gasteiger partial charge >= 0.3 is 0 Å². The molecule has 7 heteroatoms. The van der Waals surface area contributed by atoms with E-state index in [4.69, 9.17) is 9.47 Å². The second kappa shape index (κ2) is 8.59. The largest absolute Gasteiger partial charge is 0.497 e. The zero-order valence-corrected chi connectivity index (χ0v) is 14.3. The summed E-state index contributed by atoms with van der Waals surface area (Å²) < 4.78 is 12.1. The smallest absolute Gasteiger partial charge is 0.230 e. The first kappa shape index (κ1) is 17.4. The number of nitrogens with one attached hydrogen (secondary N) is 1. The fourth-order valence-corrected chi connectivity index (χ4v) is 2.86. The van der Waals surface area contributed by atoms with Gasteiger partial charge in [-0.1, -0.05) is 11.8 Å². The quantitative estimate of drug-likeness (QED) is 0.749. The zero-order valence-electron chi connectivity index (χ0n) is 13.5. The van der Waals surface area contributed by atoms with E-state index in [1.165, 1.54) is 11.8 Å². The minimum absolute atomic E-state index is 0.00515. The molecule has 6 nitrogen and oxygen atoms in total. The van der Waals surface area contributed by atoms with Gasteiger partial charge in [-0.25, -0.2) is 4.98 Å². The highest BCUT2D eigenvalue weighted by Crippen LogP contribution is 2.22. The fraction of sp³-hybridized carbons (Fsp3) is 0.375. The van der Waals surface area contributed by atoms with E-state index in [1.54, 1.807) is 20.4 Å². The first-order chi connectivity index (χ1) is 11.1. The van der Waals surface area contributed by atoms with Gasteiger partial charge in [-0.3, -0.25) is 9.36 Å². The molecule has 1 atom stereocenters. The molecular formula is C16H21N3O3S. The van der Waals surface area contributed by atoms with Crippen LogP contribution in [0.25, 0.3) is 5.69 Å². The lowest BCUT2D eigenvalue weighted by molar-refractivity contribution is -0.119. The lowest BCUT2D eigenvalue weighted by Crippen LogP contribution is -2.36. The van der Waals surface area contributed by atoms with Gasteiger partial charge in [-0.15, -0.1) is 0 Å². The maximum Gasteiger partial charge on any atom is 0.230 e. The van der Waals surface area contributed by atoms with Crippen LogP contribution in [-0.4, -0.2) is 48.1 Å². The van der Waals surface area contributed by atoms with Crippen molar-refractivity contribution >= 4 is 17.7 Å². The van der Waals surface area contributed by atoms with Gasteiger partial charge in [0.2, 0.25) is 5.91 Å². The number of thioether (sulfide) groups is 1. The van der Waals surface area contributed by atoms with Crippen molar-refractivity contribution in [3.63, 3.8) is 0 Å². The monoisotopic (exact) mass is 335 g/mol. The minimum atomic E-state index is -0.0381. The standard InChI is InChI=1S/C16H21N3O3S/c1-12(10-21-2)18-15(20)11-23-16-17-8-9-19(16)13-4-6-14(22-3)7-5-13/h4-9,12H,10-11H2,1-3H3,(H,18,20). The molecule has 124 valence electrons. The SMILES string of the molecule is COCC(C)NC(=O)CSc1nccn1-c1ccc(OC)cc1. The second-order valence-electron chi connectivity index (χ2n) is 4.99. The van der Waals surface area contributed by atoms with E-state index in [0.29, 0.717) is 12.4 Å². The predicted octanol–water partition coefficient (Wildman–Crippen LogP) is 2.12. The number of amides is 1. The van der Waals surface area contributed by atoms with E-state index in [9.17, 15) is 4.79 Å². The molecule has 1 amide bonds. The molecule has 0 aliphatic heterocycles. The van der Waals surface area contributed by atoms with Crippen LogP contribution >= 0.6 is 11.8 Å². The first-order valence-corrected chi connectivity index (χ1v) is 8.21. The highest BCUT2D eigenvalue weighted by molar-refractivity contribution is 7.99. The molecule has 1 unspecified atom stereocenters. The molecule has 1 N–H and O–H groups in total. The van der Waals surface area contributed by atoms with Crippen LogP contribution < -0.4 is 10.1 Å². The Morgan fingerprint density at radius 2 is 2.09 bits per heavy atom. The Labute approximate surface area is 140 Å². The van der Waals surface area contributed by atoms with Gasteiger partial charge in [0.15, 0.2) is 5.16 Å². The third kappa shape index (κ3) is 5.01. The molecule has 0 bridgehead atoms. The summed E-state index contributed by atoms with van der Waals surface area (Å²) in [6.07, 6.45) is 3.59. The molecule has 2 rings (SSSR count). The molecule has 0 radical (unpaired) electrons.